The number of benzene rings is 1. The number of esters is 1. The van der Waals surface area contributed by atoms with Gasteiger partial charge in [0, 0.05) is 5.03 Å². The van der Waals surface area contributed by atoms with Crippen molar-refractivity contribution in [1.29, 1.82) is 0 Å². The first-order valence-electron chi connectivity index (χ1n) is 5.62. The number of hydrogen-bond donors (Lipinski definition) is 0. The zero-order valence-electron chi connectivity index (χ0n) is 10.2. The Kier molecular flexibility index (Phi) is 3.95. The van der Waals surface area contributed by atoms with Crippen LogP contribution in [0.2, 0.25) is 0 Å². The van der Waals surface area contributed by atoms with Crippen molar-refractivity contribution in [3.8, 4) is 0 Å². The minimum Gasteiger partial charge on any atom is -0.460 e. The average Bonchev–Trinajstić information content (AvgIpc) is 2.60. The minimum absolute atomic E-state index is 0.100. The Hall–Kier alpha value is -2.16. The molecule has 0 saturated carbocycles. The van der Waals surface area contributed by atoms with Crippen molar-refractivity contribution in [2.45, 2.75) is 5.92 Å². The van der Waals surface area contributed by atoms with Gasteiger partial charge in [0.2, 0.25) is 0 Å². The quantitative estimate of drug-likeness (QED) is 0.360. The fourth-order valence-electron chi connectivity index (χ4n) is 1.98. The number of allylic oxidation sites excluding steroid dienone is 3. The third-order valence-corrected chi connectivity index (χ3v) is 3.13. The highest BCUT2D eigenvalue weighted by Crippen LogP contribution is 2.29. The molecule has 0 amide bonds. The van der Waals surface area contributed by atoms with Gasteiger partial charge in [0.05, 0.1) is 7.11 Å². The number of carbonyl (C=O) groups excluding carboxylic acids is 1. The molecule has 0 aliphatic heterocycles. The largest absolute Gasteiger partial charge is 0.460 e. The van der Waals surface area contributed by atoms with Crippen LogP contribution >= 0.6 is 11.6 Å². The van der Waals surface area contributed by atoms with Crippen LogP contribution in [-0.4, -0.2) is 23.6 Å². The summed E-state index contributed by atoms with van der Waals surface area (Å²) < 4.78 is 4.63. The maximum Gasteiger partial charge on any atom is 0.417 e. The van der Waals surface area contributed by atoms with Crippen molar-refractivity contribution >= 4 is 29.4 Å². The first-order chi connectivity index (χ1) is 9.17. The van der Waals surface area contributed by atoms with E-state index in [-0.39, 0.29) is 5.71 Å². The van der Waals surface area contributed by atoms with Gasteiger partial charge in [-0.15, -0.1) is 0 Å². The van der Waals surface area contributed by atoms with E-state index in [2.05, 4.69) is 9.53 Å². The van der Waals surface area contributed by atoms with Gasteiger partial charge in [-0.05, 0) is 23.3 Å². The number of halogens is 1. The van der Waals surface area contributed by atoms with E-state index in [1.807, 2.05) is 30.3 Å². The van der Waals surface area contributed by atoms with Crippen LogP contribution in [0.1, 0.15) is 17.0 Å². The lowest BCUT2D eigenvalue weighted by atomic mass is 9.91. The number of nitrogens with zero attached hydrogens (tertiary/aromatic N) is 2. The lowest BCUT2D eigenvalue weighted by Gasteiger charge is -2.10. The molecular weight excluding hydrogens is 264 g/mol. The molecule has 4 nitrogen and oxygen atoms in total. The lowest BCUT2D eigenvalue weighted by Crippen LogP contribution is -2.24. The molecule has 5 heteroatoms. The Morgan fingerprint density at radius 2 is 2.11 bits per heavy atom. The Bertz CT molecular complexity index is 628. The van der Waals surface area contributed by atoms with Gasteiger partial charge in [0.15, 0.2) is 0 Å². The minimum atomic E-state index is -0.690. The van der Waals surface area contributed by atoms with Gasteiger partial charge in [-0.3, -0.25) is 0 Å². The maximum atomic E-state index is 11.7. The van der Waals surface area contributed by atoms with Crippen molar-refractivity contribution in [2.24, 2.45) is 0 Å². The second-order valence-electron chi connectivity index (χ2n) is 3.97. The molecule has 1 aromatic carbocycles. The van der Waals surface area contributed by atoms with Gasteiger partial charge in [-0.1, -0.05) is 41.9 Å². The standard InChI is InChI=1S/C14H11ClN2O2/c1-19-14(18)13(17-16)12-8-10(15)7-6-9-4-2-3-5-11(9)12/h2-8,12H,1H3/t12-/m1/s1. The molecule has 19 heavy (non-hydrogen) atoms. The molecule has 0 radical (unpaired) electrons. The highest BCUT2D eigenvalue weighted by molar-refractivity contribution is 6.37. The van der Waals surface area contributed by atoms with Gasteiger partial charge >= 0.3 is 11.7 Å². The highest BCUT2D eigenvalue weighted by atomic mass is 35.5. The molecule has 0 saturated heterocycles. The second-order valence-corrected chi connectivity index (χ2v) is 4.40. The summed E-state index contributed by atoms with van der Waals surface area (Å²) in [6.45, 7) is 0. The highest BCUT2D eigenvalue weighted by Gasteiger charge is 2.33. The van der Waals surface area contributed by atoms with Crippen LogP contribution in [0.5, 0.6) is 0 Å². The molecule has 0 bridgehead atoms. The third-order valence-electron chi connectivity index (χ3n) is 2.88. The summed E-state index contributed by atoms with van der Waals surface area (Å²) in [5, 5.41) is 0.464. The molecule has 1 aromatic rings. The van der Waals surface area contributed by atoms with E-state index in [1.54, 1.807) is 12.2 Å². The Labute approximate surface area is 115 Å². The van der Waals surface area contributed by atoms with Crippen molar-refractivity contribution in [3.63, 3.8) is 0 Å². The Balaban J connectivity index is 2.59. The monoisotopic (exact) mass is 274 g/mol. The average molecular weight is 275 g/mol. The normalized spacial score (nSPS) is 16.7. The summed E-state index contributed by atoms with van der Waals surface area (Å²) >= 11 is 6.04. The van der Waals surface area contributed by atoms with Crippen molar-refractivity contribution < 1.29 is 14.3 Å². The van der Waals surface area contributed by atoms with Gasteiger partial charge in [0.1, 0.15) is 5.92 Å². The number of hydrogen-bond acceptors (Lipinski definition) is 2. The Morgan fingerprint density at radius 1 is 1.37 bits per heavy atom. The van der Waals surface area contributed by atoms with Gasteiger partial charge in [-0.2, -0.15) is 4.79 Å². The predicted octanol–water partition coefficient (Wildman–Crippen LogP) is 2.76. The summed E-state index contributed by atoms with van der Waals surface area (Å²) in [5.74, 6) is -1.24. The summed E-state index contributed by atoms with van der Waals surface area (Å²) in [5.41, 5.74) is 10.7. The van der Waals surface area contributed by atoms with Crippen molar-refractivity contribution in [3.05, 3.63) is 58.1 Å². The molecule has 0 spiro atoms. The van der Waals surface area contributed by atoms with Gasteiger partial charge in [0.25, 0.3) is 0 Å². The molecule has 0 N–H and O–H groups in total. The van der Waals surface area contributed by atoms with Crippen LogP contribution in [0.15, 0.2) is 41.4 Å². The summed E-state index contributed by atoms with van der Waals surface area (Å²) in [7, 11) is 1.24. The van der Waals surface area contributed by atoms with Crippen LogP contribution in [0.3, 0.4) is 0 Å². The smallest absolute Gasteiger partial charge is 0.417 e. The van der Waals surface area contributed by atoms with E-state index in [0.29, 0.717) is 5.03 Å². The molecule has 0 aromatic heterocycles. The first kappa shape index (κ1) is 13.3. The molecule has 0 heterocycles. The van der Waals surface area contributed by atoms with E-state index in [4.69, 9.17) is 17.1 Å². The molecule has 96 valence electrons. The van der Waals surface area contributed by atoms with Gasteiger partial charge < -0.3 is 10.3 Å². The number of carbonyl (C=O) groups is 1. The number of methoxy groups -OCH3 is 1. The van der Waals surface area contributed by atoms with Crippen LogP contribution in [-0.2, 0) is 9.53 Å². The number of fused-ring (bicyclic) bond motifs is 1. The first-order valence-corrected chi connectivity index (χ1v) is 5.99. The fourth-order valence-corrected chi connectivity index (χ4v) is 2.17. The second kappa shape index (κ2) is 5.65. The molecular formula is C14H11ClN2O2. The molecule has 1 aliphatic carbocycles. The zero-order chi connectivity index (χ0) is 13.8. The number of ether oxygens (including phenoxy) is 1. The topological polar surface area (TPSA) is 62.7 Å². The van der Waals surface area contributed by atoms with E-state index < -0.39 is 11.9 Å². The summed E-state index contributed by atoms with van der Waals surface area (Å²) in [6, 6.07) is 7.48. The fraction of sp³-hybridized carbons (Fsp3) is 0.143. The predicted molar refractivity (Wildman–Crippen MR) is 72.8 cm³/mol. The van der Waals surface area contributed by atoms with Crippen LogP contribution in [0.4, 0.5) is 0 Å². The van der Waals surface area contributed by atoms with E-state index in [0.717, 1.165) is 11.1 Å². The molecule has 2 rings (SSSR count). The molecule has 0 unspecified atom stereocenters. The van der Waals surface area contributed by atoms with Gasteiger partial charge in [-0.25, -0.2) is 4.79 Å². The van der Waals surface area contributed by atoms with E-state index >= 15 is 0 Å². The molecule has 1 aliphatic rings. The zero-order valence-corrected chi connectivity index (χ0v) is 11.0. The van der Waals surface area contributed by atoms with Crippen LogP contribution in [0, 0.1) is 0 Å². The van der Waals surface area contributed by atoms with E-state index in [9.17, 15) is 4.79 Å². The molecule has 0 fully saturated rings. The maximum absolute atomic E-state index is 11.7. The van der Waals surface area contributed by atoms with Crippen molar-refractivity contribution in [2.75, 3.05) is 7.11 Å². The third kappa shape index (κ3) is 2.65. The number of rotatable bonds is 2. The van der Waals surface area contributed by atoms with Crippen LogP contribution < -0.4 is 0 Å². The summed E-state index contributed by atoms with van der Waals surface area (Å²) in [4.78, 5) is 14.7. The lowest BCUT2D eigenvalue weighted by molar-refractivity contribution is -0.137. The SMILES string of the molecule is COC(=O)C(=[N+]=[N-])[C@@H]1C=C(Cl)C=Cc2ccccc21. The Morgan fingerprint density at radius 3 is 2.79 bits per heavy atom. The molecule has 1 atom stereocenters. The van der Waals surface area contributed by atoms with Crippen LogP contribution in [0.25, 0.3) is 11.6 Å². The summed E-state index contributed by atoms with van der Waals surface area (Å²) in [6.07, 6.45) is 5.23. The van der Waals surface area contributed by atoms with E-state index in [1.165, 1.54) is 7.11 Å². The van der Waals surface area contributed by atoms with Crippen molar-refractivity contribution in [1.82, 2.24) is 0 Å².